The topological polar surface area (TPSA) is 66.6 Å². The molecule has 0 aromatic rings. The smallest absolute Gasteiger partial charge is 0.226 e. The van der Waals surface area contributed by atoms with E-state index in [9.17, 15) is 9.90 Å². The van der Waals surface area contributed by atoms with Crippen molar-refractivity contribution in [1.82, 2.24) is 4.90 Å². The molecule has 17 heavy (non-hydrogen) atoms. The molecule has 0 bridgehead atoms. The lowest BCUT2D eigenvalue weighted by molar-refractivity contribution is -0.146. The van der Waals surface area contributed by atoms with E-state index in [4.69, 9.17) is 5.73 Å². The Kier molecular flexibility index (Phi) is 3.73. The summed E-state index contributed by atoms with van der Waals surface area (Å²) in [6, 6.07) is 0. The van der Waals surface area contributed by atoms with Crippen molar-refractivity contribution in [2.45, 2.75) is 44.6 Å². The lowest BCUT2D eigenvalue weighted by Crippen LogP contribution is -2.55. The Morgan fingerprint density at radius 2 is 2.29 bits per heavy atom. The number of carbonyl (C=O) groups is 1. The van der Waals surface area contributed by atoms with Crippen LogP contribution in [0.15, 0.2) is 0 Å². The number of nitrogens with two attached hydrogens (primary N) is 1. The Labute approximate surface area is 103 Å². The molecule has 1 saturated carbocycles. The third-order valence-electron chi connectivity index (χ3n) is 4.51. The van der Waals surface area contributed by atoms with Gasteiger partial charge in [-0.2, -0.15) is 0 Å². The molecule has 4 nitrogen and oxygen atoms in total. The highest BCUT2D eigenvalue weighted by Crippen LogP contribution is 2.39. The zero-order valence-corrected chi connectivity index (χ0v) is 10.7. The highest BCUT2D eigenvalue weighted by Gasteiger charge is 2.43. The van der Waals surface area contributed by atoms with Crippen LogP contribution < -0.4 is 5.73 Å². The summed E-state index contributed by atoms with van der Waals surface area (Å²) >= 11 is 0. The maximum absolute atomic E-state index is 12.1. The van der Waals surface area contributed by atoms with Gasteiger partial charge < -0.3 is 15.7 Å². The fourth-order valence-corrected chi connectivity index (χ4v) is 3.18. The highest BCUT2D eigenvalue weighted by atomic mass is 16.3. The van der Waals surface area contributed by atoms with Crippen molar-refractivity contribution < 1.29 is 9.90 Å². The van der Waals surface area contributed by atoms with Crippen molar-refractivity contribution in [3.05, 3.63) is 0 Å². The number of hydrogen-bond donors (Lipinski definition) is 2. The van der Waals surface area contributed by atoms with Gasteiger partial charge in [-0.1, -0.05) is 19.8 Å². The van der Waals surface area contributed by atoms with E-state index in [0.717, 1.165) is 32.2 Å². The molecule has 0 spiro atoms. The van der Waals surface area contributed by atoms with Gasteiger partial charge in [0.2, 0.25) is 5.91 Å². The van der Waals surface area contributed by atoms with Gasteiger partial charge in [-0.25, -0.2) is 0 Å². The van der Waals surface area contributed by atoms with Crippen molar-refractivity contribution in [2.75, 3.05) is 19.6 Å². The molecular weight excluding hydrogens is 216 g/mol. The van der Waals surface area contributed by atoms with E-state index in [0.29, 0.717) is 13.1 Å². The molecule has 4 heteroatoms. The quantitative estimate of drug-likeness (QED) is 0.748. The van der Waals surface area contributed by atoms with E-state index in [1.165, 1.54) is 6.42 Å². The molecule has 3 N–H and O–H groups in total. The Morgan fingerprint density at radius 3 is 3.00 bits per heavy atom. The van der Waals surface area contributed by atoms with Crippen molar-refractivity contribution in [2.24, 2.45) is 17.6 Å². The SMILES string of the molecule is CC(CN)C(=O)N1CCC2(O)CCCCC2C1. The molecule has 1 amide bonds. The molecule has 3 unspecified atom stereocenters. The van der Waals surface area contributed by atoms with Gasteiger partial charge in [-0.3, -0.25) is 4.79 Å². The third kappa shape index (κ3) is 2.47. The number of fused-ring (bicyclic) bond motifs is 1. The van der Waals surface area contributed by atoms with Crippen LogP contribution in [0.25, 0.3) is 0 Å². The van der Waals surface area contributed by atoms with E-state index in [-0.39, 0.29) is 17.7 Å². The molecule has 2 fully saturated rings. The number of carbonyl (C=O) groups excluding carboxylic acids is 1. The standard InChI is InChI=1S/C13H24N2O2/c1-10(8-14)12(16)15-7-6-13(17)5-3-2-4-11(13)9-15/h10-11,17H,2-9,14H2,1H3. The molecule has 1 saturated heterocycles. The third-order valence-corrected chi connectivity index (χ3v) is 4.51. The minimum Gasteiger partial charge on any atom is -0.389 e. The zero-order valence-electron chi connectivity index (χ0n) is 10.7. The van der Waals surface area contributed by atoms with Gasteiger partial charge in [-0.15, -0.1) is 0 Å². The molecule has 1 aliphatic heterocycles. The first-order valence-electron chi connectivity index (χ1n) is 6.78. The van der Waals surface area contributed by atoms with Crippen LogP contribution in [-0.4, -0.2) is 41.1 Å². The fourth-order valence-electron chi connectivity index (χ4n) is 3.18. The van der Waals surface area contributed by atoms with Crippen LogP contribution >= 0.6 is 0 Å². The molecule has 2 rings (SSSR count). The molecular formula is C13H24N2O2. The van der Waals surface area contributed by atoms with Gasteiger partial charge in [0.15, 0.2) is 0 Å². The van der Waals surface area contributed by atoms with Crippen molar-refractivity contribution in [3.8, 4) is 0 Å². The summed E-state index contributed by atoms with van der Waals surface area (Å²) in [7, 11) is 0. The number of rotatable bonds is 2. The van der Waals surface area contributed by atoms with Crippen molar-refractivity contribution >= 4 is 5.91 Å². The summed E-state index contributed by atoms with van der Waals surface area (Å²) < 4.78 is 0. The Hall–Kier alpha value is -0.610. The van der Waals surface area contributed by atoms with Gasteiger partial charge in [0.1, 0.15) is 0 Å². The summed E-state index contributed by atoms with van der Waals surface area (Å²) in [5, 5.41) is 10.5. The lowest BCUT2D eigenvalue weighted by Gasteiger charge is -2.47. The van der Waals surface area contributed by atoms with E-state index in [1.807, 2.05) is 11.8 Å². The number of amides is 1. The van der Waals surface area contributed by atoms with E-state index >= 15 is 0 Å². The van der Waals surface area contributed by atoms with Gasteiger partial charge in [0, 0.05) is 31.5 Å². The Morgan fingerprint density at radius 1 is 1.53 bits per heavy atom. The second kappa shape index (κ2) is 4.94. The van der Waals surface area contributed by atoms with Crippen molar-refractivity contribution in [3.63, 3.8) is 0 Å². The first-order chi connectivity index (χ1) is 8.07. The minimum atomic E-state index is -0.499. The summed E-state index contributed by atoms with van der Waals surface area (Å²) in [5.41, 5.74) is 5.04. The van der Waals surface area contributed by atoms with E-state index in [1.54, 1.807) is 0 Å². The summed E-state index contributed by atoms with van der Waals surface area (Å²) in [6.07, 6.45) is 5.01. The monoisotopic (exact) mass is 240 g/mol. The number of hydrogen-bond acceptors (Lipinski definition) is 3. The fraction of sp³-hybridized carbons (Fsp3) is 0.923. The van der Waals surface area contributed by atoms with Crippen LogP contribution in [0.2, 0.25) is 0 Å². The van der Waals surface area contributed by atoms with E-state index in [2.05, 4.69) is 0 Å². The molecule has 1 heterocycles. The number of nitrogens with zero attached hydrogens (tertiary/aromatic N) is 1. The molecule has 2 aliphatic rings. The van der Waals surface area contributed by atoms with Crippen LogP contribution in [0.5, 0.6) is 0 Å². The zero-order chi connectivity index (χ0) is 12.5. The number of likely N-dealkylation sites (tertiary alicyclic amines) is 1. The Balaban J connectivity index is 1.99. The van der Waals surface area contributed by atoms with Crippen LogP contribution in [-0.2, 0) is 4.79 Å². The van der Waals surface area contributed by atoms with Gasteiger partial charge in [-0.05, 0) is 19.3 Å². The first kappa shape index (κ1) is 12.8. The summed E-state index contributed by atoms with van der Waals surface area (Å²) in [4.78, 5) is 14.0. The summed E-state index contributed by atoms with van der Waals surface area (Å²) in [5.74, 6) is 0.337. The van der Waals surface area contributed by atoms with Gasteiger partial charge in [0.25, 0.3) is 0 Å². The second-order valence-electron chi connectivity index (χ2n) is 5.72. The Bertz CT molecular complexity index is 295. The summed E-state index contributed by atoms with van der Waals surface area (Å²) in [6.45, 7) is 3.70. The molecule has 0 radical (unpaired) electrons. The average molecular weight is 240 g/mol. The predicted octanol–water partition coefficient (Wildman–Crippen LogP) is 0.735. The second-order valence-corrected chi connectivity index (χ2v) is 5.72. The maximum Gasteiger partial charge on any atom is 0.226 e. The molecule has 98 valence electrons. The molecule has 0 aromatic carbocycles. The molecule has 3 atom stereocenters. The normalized spacial score (nSPS) is 35.2. The number of aliphatic hydroxyl groups is 1. The predicted molar refractivity (Wildman–Crippen MR) is 66.3 cm³/mol. The first-order valence-corrected chi connectivity index (χ1v) is 6.78. The lowest BCUT2D eigenvalue weighted by atomic mass is 9.71. The minimum absolute atomic E-state index is 0.0928. The van der Waals surface area contributed by atoms with Crippen molar-refractivity contribution in [1.29, 1.82) is 0 Å². The van der Waals surface area contributed by atoms with Crippen LogP contribution in [0, 0.1) is 11.8 Å². The van der Waals surface area contributed by atoms with E-state index < -0.39 is 5.60 Å². The molecule has 0 aromatic heterocycles. The molecule has 1 aliphatic carbocycles. The number of piperidine rings is 1. The average Bonchev–Trinajstić information content (AvgIpc) is 2.35. The van der Waals surface area contributed by atoms with Crippen LogP contribution in [0.1, 0.15) is 39.0 Å². The largest absolute Gasteiger partial charge is 0.389 e. The van der Waals surface area contributed by atoms with Crippen LogP contribution in [0.4, 0.5) is 0 Å². The van der Waals surface area contributed by atoms with Crippen LogP contribution in [0.3, 0.4) is 0 Å². The van der Waals surface area contributed by atoms with Gasteiger partial charge >= 0.3 is 0 Å². The van der Waals surface area contributed by atoms with Gasteiger partial charge in [0.05, 0.1) is 5.60 Å². The highest BCUT2D eigenvalue weighted by molar-refractivity contribution is 5.78. The maximum atomic E-state index is 12.1.